The third-order valence-corrected chi connectivity index (χ3v) is 1.16. The van der Waals surface area contributed by atoms with Crippen LogP contribution in [-0.4, -0.2) is 7.05 Å². The molecule has 1 fully saturated rings. The van der Waals surface area contributed by atoms with Crippen molar-refractivity contribution in [1.29, 1.82) is 0 Å². The molecule has 40 valence electrons. The van der Waals surface area contributed by atoms with E-state index < -0.39 is 0 Å². The summed E-state index contributed by atoms with van der Waals surface area (Å²) in [6.07, 6.45) is 7.04. The molecule has 0 unspecified atom stereocenters. The van der Waals surface area contributed by atoms with Gasteiger partial charge in [-0.05, 0) is 25.0 Å². The quantitative estimate of drug-likeness (QED) is 0.544. The number of rotatable bonds is 2. The van der Waals surface area contributed by atoms with Gasteiger partial charge >= 0.3 is 0 Å². The van der Waals surface area contributed by atoms with Crippen LogP contribution in [0.3, 0.4) is 0 Å². The van der Waals surface area contributed by atoms with Crippen LogP contribution >= 0.6 is 0 Å². The fraction of sp³-hybridized carbons (Fsp3) is 0.667. The predicted octanol–water partition coefficient (Wildman–Crippen LogP) is 1.13. The molecule has 0 aromatic rings. The summed E-state index contributed by atoms with van der Waals surface area (Å²) in [5, 5.41) is 2.96. The summed E-state index contributed by atoms with van der Waals surface area (Å²) >= 11 is 0. The molecule has 0 aromatic heterocycles. The summed E-state index contributed by atoms with van der Waals surface area (Å²) in [5.41, 5.74) is 0. The van der Waals surface area contributed by atoms with Crippen LogP contribution in [0.15, 0.2) is 12.3 Å². The zero-order chi connectivity index (χ0) is 5.11. The van der Waals surface area contributed by atoms with Gasteiger partial charge in [0.2, 0.25) is 0 Å². The summed E-state index contributed by atoms with van der Waals surface area (Å²) in [6, 6.07) is 0. The van der Waals surface area contributed by atoms with Crippen LogP contribution in [-0.2, 0) is 0 Å². The second kappa shape index (κ2) is 2.01. The molecule has 1 rings (SSSR count). The molecule has 0 saturated heterocycles. The molecule has 1 nitrogen and oxygen atoms in total. The maximum atomic E-state index is 2.96. The van der Waals surface area contributed by atoms with Crippen molar-refractivity contribution in [3.8, 4) is 0 Å². The molecule has 0 aliphatic heterocycles. The van der Waals surface area contributed by atoms with Crippen molar-refractivity contribution in [3.05, 3.63) is 12.3 Å². The summed E-state index contributed by atoms with van der Waals surface area (Å²) in [6.45, 7) is 0. The topological polar surface area (TPSA) is 12.0 Å². The zero-order valence-electron chi connectivity index (χ0n) is 4.65. The van der Waals surface area contributed by atoms with E-state index in [0.717, 1.165) is 5.92 Å². The summed E-state index contributed by atoms with van der Waals surface area (Å²) in [4.78, 5) is 0. The molecular weight excluding hydrogens is 86.1 g/mol. The molecule has 0 spiro atoms. The lowest BCUT2D eigenvalue weighted by molar-refractivity contribution is 1.04. The van der Waals surface area contributed by atoms with Gasteiger partial charge < -0.3 is 5.32 Å². The minimum absolute atomic E-state index is 0.910. The second-order valence-electron chi connectivity index (χ2n) is 1.99. The van der Waals surface area contributed by atoms with Crippen molar-refractivity contribution in [2.45, 2.75) is 12.8 Å². The van der Waals surface area contributed by atoms with Crippen LogP contribution in [0.1, 0.15) is 12.8 Å². The first-order valence-corrected chi connectivity index (χ1v) is 2.77. The van der Waals surface area contributed by atoms with E-state index in [1.807, 2.05) is 13.2 Å². The van der Waals surface area contributed by atoms with Gasteiger partial charge in [0.1, 0.15) is 0 Å². The van der Waals surface area contributed by atoms with E-state index in [-0.39, 0.29) is 0 Å². The van der Waals surface area contributed by atoms with E-state index in [1.54, 1.807) is 0 Å². The van der Waals surface area contributed by atoms with E-state index in [1.165, 1.54) is 12.8 Å². The van der Waals surface area contributed by atoms with E-state index >= 15 is 0 Å². The number of hydrogen-bond acceptors (Lipinski definition) is 1. The second-order valence-corrected chi connectivity index (χ2v) is 1.99. The lowest BCUT2D eigenvalue weighted by atomic mass is 10.4. The molecule has 0 atom stereocenters. The Labute approximate surface area is 44.4 Å². The Morgan fingerprint density at radius 1 is 1.57 bits per heavy atom. The molecule has 1 saturated carbocycles. The first kappa shape index (κ1) is 4.69. The van der Waals surface area contributed by atoms with E-state index in [0.29, 0.717) is 0 Å². The Balaban J connectivity index is 2.05. The van der Waals surface area contributed by atoms with Gasteiger partial charge in [0.15, 0.2) is 0 Å². The highest BCUT2D eigenvalue weighted by Gasteiger charge is 2.16. The lowest BCUT2D eigenvalue weighted by Crippen LogP contribution is -1.90. The predicted molar refractivity (Wildman–Crippen MR) is 30.9 cm³/mol. The Hall–Kier alpha value is -0.460. The third kappa shape index (κ3) is 1.62. The molecule has 0 radical (unpaired) electrons. The highest BCUT2D eigenvalue weighted by atomic mass is 14.8. The summed E-state index contributed by atoms with van der Waals surface area (Å²) < 4.78 is 0. The number of hydrogen-bond donors (Lipinski definition) is 1. The Morgan fingerprint density at radius 3 is 2.71 bits per heavy atom. The zero-order valence-corrected chi connectivity index (χ0v) is 4.65. The van der Waals surface area contributed by atoms with Crippen molar-refractivity contribution in [3.63, 3.8) is 0 Å². The first-order valence-electron chi connectivity index (χ1n) is 2.77. The molecule has 1 N–H and O–H groups in total. The van der Waals surface area contributed by atoms with Gasteiger partial charge in [-0.25, -0.2) is 0 Å². The van der Waals surface area contributed by atoms with Crippen LogP contribution in [0.4, 0.5) is 0 Å². The molecule has 7 heavy (non-hydrogen) atoms. The van der Waals surface area contributed by atoms with Gasteiger partial charge in [0.25, 0.3) is 0 Å². The molecular formula is C6H11N. The molecule has 0 amide bonds. The smallest absolute Gasteiger partial charge is 0.00276 e. The van der Waals surface area contributed by atoms with Crippen molar-refractivity contribution < 1.29 is 0 Å². The van der Waals surface area contributed by atoms with Crippen LogP contribution in [0.25, 0.3) is 0 Å². The van der Waals surface area contributed by atoms with E-state index in [4.69, 9.17) is 0 Å². The minimum atomic E-state index is 0.910. The fourth-order valence-corrected chi connectivity index (χ4v) is 0.521. The van der Waals surface area contributed by atoms with Crippen molar-refractivity contribution in [1.82, 2.24) is 5.32 Å². The molecule has 1 aliphatic carbocycles. The molecule has 0 heterocycles. The first-order chi connectivity index (χ1) is 3.43. The number of allylic oxidation sites excluding steroid dienone is 1. The van der Waals surface area contributed by atoms with E-state index in [9.17, 15) is 0 Å². The summed E-state index contributed by atoms with van der Waals surface area (Å²) in [7, 11) is 1.93. The molecule has 0 aromatic carbocycles. The van der Waals surface area contributed by atoms with Gasteiger partial charge in [0, 0.05) is 7.05 Å². The van der Waals surface area contributed by atoms with E-state index in [2.05, 4.69) is 11.4 Å². The maximum Gasteiger partial charge on any atom is 0.00276 e. The molecule has 0 bridgehead atoms. The molecule has 1 aliphatic rings. The SMILES string of the molecule is CN/C=C/C1CC1. The Bertz CT molecular complexity index is 72.2. The monoisotopic (exact) mass is 97.1 g/mol. The van der Waals surface area contributed by atoms with Gasteiger partial charge in [-0.3, -0.25) is 0 Å². The highest BCUT2D eigenvalue weighted by molar-refractivity contribution is 4.93. The van der Waals surface area contributed by atoms with Crippen LogP contribution < -0.4 is 5.32 Å². The van der Waals surface area contributed by atoms with Gasteiger partial charge in [0.05, 0.1) is 0 Å². The third-order valence-electron chi connectivity index (χ3n) is 1.16. The minimum Gasteiger partial charge on any atom is -0.394 e. The lowest BCUT2D eigenvalue weighted by Gasteiger charge is -1.80. The summed E-state index contributed by atoms with van der Waals surface area (Å²) in [5.74, 6) is 0.910. The number of nitrogens with one attached hydrogen (secondary N) is 1. The van der Waals surface area contributed by atoms with Gasteiger partial charge in [-0.15, -0.1) is 0 Å². The van der Waals surface area contributed by atoms with Crippen molar-refractivity contribution in [2.75, 3.05) is 7.05 Å². The Kier molecular flexibility index (Phi) is 1.35. The van der Waals surface area contributed by atoms with Crippen molar-refractivity contribution >= 4 is 0 Å². The van der Waals surface area contributed by atoms with Gasteiger partial charge in [-0.2, -0.15) is 0 Å². The van der Waals surface area contributed by atoms with Crippen molar-refractivity contribution in [2.24, 2.45) is 5.92 Å². The largest absolute Gasteiger partial charge is 0.394 e. The van der Waals surface area contributed by atoms with Crippen LogP contribution in [0.2, 0.25) is 0 Å². The normalized spacial score (nSPS) is 20.7. The van der Waals surface area contributed by atoms with Crippen LogP contribution in [0.5, 0.6) is 0 Å². The molecule has 1 heteroatoms. The Morgan fingerprint density at radius 2 is 2.29 bits per heavy atom. The van der Waals surface area contributed by atoms with Gasteiger partial charge in [-0.1, -0.05) is 6.08 Å². The standard InChI is InChI=1S/C6H11N/c1-7-5-4-6-2-3-6/h4-7H,2-3H2,1H3/b5-4+. The highest BCUT2D eigenvalue weighted by Crippen LogP contribution is 2.29. The average Bonchev–Trinajstić information content (AvgIpc) is 2.42. The fourth-order valence-electron chi connectivity index (χ4n) is 0.521. The van der Waals surface area contributed by atoms with Crippen LogP contribution in [0, 0.1) is 5.92 Å². The average molecular weight is 97.2 g/mol. The maximum absolute atomic E-state index is 2.96.